The molecule has 2 heterocycles. The number of likely N-dealkylation sites (tertiary alicyclic amines) is 1. The molecule has 2 rings (SSSR count). The van der Waals surface area contributed by atoms with Crippen LogP contribution in [0.3, 0.4) is 0 Å². The van der Waals surface area contributed by atoms with E-state index in [1.54, 1.807) is 17.2 Å². The highest BCUT2D eigenvalue weighted by Gasteiger charge is 2.27. The van der Waals surface area contributed by atoms with Crippen molar-refractivity contribution in [3.63, 3.8) is 0 Å². The lowest BCUT2D eigenvalue weighted by Gasteiger charge is -2.33. The van der Waals surface area contributed by atoms with E-state index in [2.05, 4.69) is 10.3 Å². The monoisotopic (exact) mass is 339 g/mol. The third kappa shape index (κ3) is 5.10. The van der Waals surface area contributed by atoms with Crippen molar-refractivity contribution in [2.24, 2.45) is 0 Å². The quantitative estimate of drug-likeness (QED) is 0.899. The van der Waals surface area contributed by atoms with Gasteiger partial charge in [0.25, 0.3) is 5.91 Å². The lowest BCUT2D eigenvalue weighted by Crippen LogP contribution is -2.47. The highest BCUT2D eigenvalue weighted by molar-refractivity contribution is 6.33. The van der Waals surface area contributed by atoms with Crippen LogP contribution in [0.4, 0.5) is 4.79 Å². The molecule has 1 aliphatic heterocycles. The maximum atomic E-state index is 12.4. The number of carbonyl (C=O) groups excluding carboxylic acids is 2. The topological polar surface area (TPSA) is 71.5 Å². The van der Waals surface area contributed by atoms with E-state index in [9.17, 15) is 9.59 Å². The van der Waals surface area contributed by atoms with Gasteiger partial charge in [0.2, 0.25) is 0 Å². The van der Waals surface area contributed by atoms with Gasteiger partial charge in [-0.15, -0.1) is 0 Å². The average Bonchev–Trinajstić information content (AvgIpc) is 2.46. The third-order valence-electron chi connectivity index (χ3n) is 3.51. The number of halogens is 1. The smallest absolute Gasteiger partial charge is 0.407 e. The number of nitrogens with zero attached hydrogens (tertiary/aromatic N) is 2. The molecule has 1 aliphatic rings. The van der Waals surface area contributed by atoms with E-state index in [0.29, 0.717) is 36.5 Å². The summed E-state index contributed by atoms with van der Waals surface area (Å²) < 4.78 is 5.24. The second-order valence-corrected chi connectivity index (χ2v) is 6.98. The lowest BCUT2D eigenvalue weighted by molar-refractivity contribution is 0.0473. The Morgan fingerprint density at radius 3 is 2.57 bits per heavy atom. The first-order valence-corrected chi connectivity index (χ1v) is 8.02. The molecule has 23 heavy (non-hydrogen) atoms. The summed E-state index contributed by atoms with van der Waals surface area (Å²) in [5.41, 5.74) is -0.0565. The van der Waals surface area contributed by atoms with Crippen molar-refractivity contribution in [3.05, 3.63) is 29.0 Å². The molecule has 0 aromatic carbocycles. The molecule has 7 heteroatoms. The Labute approximate surface area is 141 Å². The first-order chi connectivity index (χ1) is 10.8. The molecule has 0 aliphatic carbocycles. The van der Waals surface area contributed by atoms with Crippen LogP contribution in [-0.4, -0.2) is 46.6 Å². The number of pyridine rings is 1. The minimum Gasteiger partial charge on any atom is -0.444 e. The Morgan fingerprint density at radius 2 is 2.00 bits per heavy atom. The SMILES string of the molecule is CC(C)(C)OC(=O)NC1CCN(C(=O)c2ccncc2Cl)CC1. The highest BCUT2D eigenvalue weighted by atomic mass is 35.5. The second kappa shape index (κ2) is 7.17. The van der Waals surface area contributed by atoms with Crippen molar-refractivity contribution < 1.29 is 14.3 Å². The van der Waals surface area contributed by atoms with E-state index < -0.39 is 11.7 Å². The summed E-state index contributed by atoms with van der Waals surface area (Å²) in [7, 11) is 0. The number of carbonyl (C=O) groups is 2. The molecule has 6 nitrogen and oxygen atoms in total. The van der Waals surface area contributed by atoms with E-state index >= 15 is 0 Å². The summed E-state index contributed by atoms with van der Waals surface area (Å²) >= 11 is 6.01. The van der Waals surface area contributed by atoms with Crippen molar-refractivity contribution in [1.29, 1.82) is 0 Å². The molecule has 0 unspecified atom stereocenters. The van der Waals surface area contributed by atoms with Gasteiger partial charge < -0.3 is 15.0 Å². The standard InChI is InChI=1S/C16H22ClN3O3/c1-16(2,3)23-15(22)19-11-5-8-20(9-6-11)14(21)12-4-7-18-10-13(12)17/h4,7,10-11H,5-6,8-9H2,1-3H3,(H,19,22). The van der Waals surface area contributed by atoms with Crippen LogP contribution in [0.1, 0.15) is 44.0 Å². The number of piperidine rings is 1. The molecule has 2 amide bonds. The van der Waals surface area contributed by atoms with Crippen LogP contribution in [-0.2, 0) is 4.74 Å². The summed E-state index contributed by atoms with van der Waals surface area (Å²) in [6, 6.07) is 1.64. The summed E-state index contributed by atoms with van der Waals surface area (Å²) in [5, 5.41) is 3.20. The van der Waals surface area contributed by atoms with Crippen molar-refractivity contribution >= 4 is 23.6 Å². The number of rotatable bonds is 2. The molecule has 0 atom stereocenters. The van der Waals surface area contributed by atoms with Gasteiger partial charge in [-0.25, -0.2) is 4.79 Å². The second-order valence-electron chi connectivity index (χ2n) is 6.57. The maximum absolute atomic E-state index is 12.4. The predicted octanol–water partition coefficient (Wildman–Crippen LogP) is 2.86. The van der Waals surface area contributed by atoms with Crippen LogP contribution in [0.25, 0.3) is 0 Å². The van der Waals surface area contributed by atoms with Gasteiger partial charge in [0.1, 0.15) is 5.60 Å². The molecule has 1 fully saturated rings. The molecule has 1 aromatic rings. The number of nitrogens with one attached hydrogen (secondary N) is 1. The van der Waals surface area contributed by atoms with E-state index in [1.165, 1.54) is 6.20 Å². The van der Waals surface area contributed by atoms with Gasteiger partial charge in [-0.05, 0) is 39.7 Å². The fraction of sp³-hybridized carbons (Fsp3) is 0.562. The van der Waals surface area contributed by atoms with Gasteiger partial charge >= 0.3 is 6.09 Å². The average molecular weight is 340 g/mol. The minimum absolute atomic E-state index is 0.0156. The summed E-state index contributed by atoms with van der Waals surface area (Å²) in [6.07, 6.45) is 3.97. The number of hydrogen-bond donors (Lipinski definition) is 1. The van der Waals surface area contributed by atoms with Crippen LogP contribution in [0.2, 0.25) is 5.02 Å². The lowest BCUT2D eigenvalue weighted by atomic mass is 10.0. The van der Waals surface area contributed by atoms with Gasteiger partial charge in [-0.1, -0.05) is 11.6 Å². The van der Waals surface area contributed by atoms with Gasteiger partial charge in [0.15, 0.2) is 0 Å². The fourth-order valence-corrected chi connectivity index (χ4v) is 2.62. The molecule has 0 saturated carbocycles. The van der Waals surface area contributed by atoms with E-state index in [-0.39, 0.29) is 11.9 Å². The Kier molecular flexibility index (Phi) is 5.46. The van der Waals surface area contributed by atoms with Crippen molar-refractivity contribution in [2.45, 2.75) is 45.3 Å². The molecule has 1 saturated heterocycles. The van der Waals surface area contributed by atoms with Crippen LogP contribution < -0.4 is 5.32 Å². The largest absolute Gasteiger partial charge is 0.444 e. The minimum atomic E-state index is -0.515. The Balaban J connectivity index is 1.85. The molecular weight excluding hydrogens is 318 g/mol. The predicted molar refractivity (Wildman–Crippen MR) is 87.5 cm³/mol. The fourth-order valence-electron chi connectivity index (χ4n) is 2.42. The molecule has 0 radical (unpaired) electrons. The van der Waals surface area contributed by atoms with Crippen molar-refractivity contribution in [2.75, 3.05) is 13.1 Å². The number of hydrogen-bond acceptors (Lipinski definition) is 4. The van der Waals surface area contributed by atoms with Crippen LogP contribution in [0.5, 0.6) is 0 Å². The number of amides is 2. The number of alkyl carbamates (subject to hydrolysis) is 1. The molecular formula is C16H22ClN3O3. The normalized spacial score (nSPS) is 16.1. The molecule has 126 valence electrons. The van der Waals surface area contributed by atoms with Crippen LogP contribution >= 0.6 is 11.6 Å². The highest BCUT2D eigenvalue weighted by Crippen LogP contribution is 2.19. The summed E-state index contributed by atoms with van der Waals surface area (Å²) in [4.78, 5) is 29.8. The van der Waals surface area contributed by atoms with E-state index in [4.69, 9.17) is 16.3 Å². The third-order valence-corrected chi connectivity index (χ3v) is 3.81. The summed E-state index contributed by atoms with van der Waals surface area (Å²) in [5.74, 6) is -0.104. The van der Waals surface area contributed by atoms with Gasteiger partial charge in [0, 0.05) is 31.5 Å². The summed E-state index contributed by atoms with van der Waals surface area (Å²) in [6.45, 7) is 6.61. The zero-order chi connectivity index (χ0) is 17.0. The van der Waals surface area contributed by atoms with Gasteiger partial charge in [-0.3, -0.25) is 9.78 Å². The zero-order valence-electron chi connectivity index (χ0n) is 13.6. The molecule has 0 bridgehead atoms. The molecule has 0 spiro atoms. The van der Waals surface area contributed by atoms with Gasteiger partial charge in [-0.2, -0.15) is 0 Å². The first kappa shape index (κ1) is 17.5. The molecule has 1 N–H and O–H groups in total. The Morgan fingerprint density at radius 1 is 1.35 bits per heavy atom. The molecule has 1 aromatic heterocycles. The Bertz CT molecular complexity index is 578. The van der Waals surface area contributed by atoms with Crippen LogP contribution in [0, 0.1) is 0 Å². The number of aromatic nitrogens is 1. The first-order valence-electron chi connectivity index (χ1n) is 7.64. The zero-order valence-corrected chi connectivity index (χ0v) is 14.4. The number of ether oxygens (including phenoxy) is 1. The van der Waals surface area contributed by atoms with E-state index in [0.717, 1.165) is 0 Å². The van der Waals surface area contributed by atoms with Crippen LogP contribution in [0.15, 0.2) is 18.5 Å². The van der Waals surface area contributed by atoms with Gasteiger partial charge in [0.05, 0.1) is 10.6 Å². The Hall–Kier alpha value is -1.82. The van der Waals surface area contributed by atoms with Crippen molar-refractivity contribution in [1.82, 2.24) is 15.2 Å². The van der Waals surface area contributed by atoms with Crippen molar-refractivity contribution in [3.8, 4) is 0 Å². The maximum Gasteiger partial charge on any atom is 0.407 e. The van der Waals surface area contributed by atoms with E-state index in [1.807, 2.05) is 20.8 Å².